The Morgan fingerprint density at radius 3 is 2.32 bits per heavy atom. The zero-order chi connectivity index (χ0) is 42.6. The molecule has 1 atom stereocenters. The monoisotopic (exact) mass is 843 g/mol. The highest BCUT2D eigenvalue weighted by molar-refractivity contribution is 6.39. The number of benzene rings is 2. The van der Waals surface area contributed by atoms with Crippen molar-refractivity contribution in [1.82, 2.24) is 29.9 Å². The molecule has 1 fully saturated rings. The summed E-state index contributed by atoms with van der Waals surface area (Å²) in [5.74, 6) is 0.271. The second-order valence-corrected chi connectivity index (χ2v) is 15.7. The van der Waals surface area contributed by atoms with Gasteiger partial charge in [0.25, 0.3) is 5.56 Å². The van der Waals surface area contributed by atoms with Crippen molar-refractivity contribution in [3.8, 4) is 39.4 Å². The Morgan fingerprint density at radius 1 is 1.02 bits per heavy atom. The Bertz CT molecular complexity index is 2500. The van der Waals surface area contributed by atoms with E-state index in [1.807, 2.05) is 30.3 Å². The van der Waals surface area contributed by atoms with Crippen LogP contribution in [0.1, 0.15) is 49.5 Å². The van der Waals surface area contributed by atoms with E-state index in [-0.39, 0.29) is 61.0 Å². The fourth-order valence-electron chi connectivity index (χ4n) is 6.76. The summed E-state index contributed by atoms with van der Waals surface area (Å²) in [6.07, 6.45) is 1.19. The predicted molar refractivity (Wildman–Crippen MR) is 225 cm³/mol. The van der Waals surface area contributed by atoms with Crippen LogP contribution in [0.3, 0.4) is 0 Å². The maximum absolute atomic E-state index is 13.5. The van der Waals surface area contributed by atoms with Crippen LogP contribution in [0.4, 0.5) is 15.4 Å². The van der Waals surface area contributed by atoms with Gasteiger partial charge in [-0.2, -0.15) is 0 Å². The summed E-state index contributed by atoms with van der Waals surface area (Å²) in [6.45, 7) is 5.80. The van der Waals surface area contributed by atoms with Gasteiger partial charge in [0.2, 0.25) is 11.8 Å². The number of aldehydes is 1. The van der Waals surface area contributed by atoms with Crippen LogP contribution >= 0.6 is 23.2 Å². The van der Waals surface area contributed by atoms with Gasteiger partial charge in [0, 0.05) is 73.2 Å². The van der Waals surface area contributed by atoms with Gasteiger partial charge in [-0.1, -0.05) is 59.6 Å². The van der Waals surface area contributed by atoms with Crippen molar-refractivity contribution in [3.05, 3.63) is 98.4 Å². The van der Waals surface area contributed by atoms with Gasteiger partial charge in [-0.3, -0.25) is 18.8 Å². The molecule has 59 heavy (non-hydrogen) atoms. The first-order valence-electron chi connectivity index (χ1n) is 18.7. The number of carbonyl (C=O) groups is 4. The van der Waals surface area contributed by atoms with E-state index in [4.69, 9.17) is 37.7 Å². The zero-order valence-corrected chi connectivity index (χ0v) is 34.6. The van der Waals surface area contributed by atoms with E-state index in [2.05, 4.69) is 15.6 Å². The van der Waals surface area contributed by atoms with Crippen molar-refractivity contribution >= 4 is 59.0 Å². The molecule has 1 unspecified atom stereocenters. The van der Waals surface area contributed by atoms with Crippen LogP contribution < -0.4 is 25.8 Å². The molecule has 308 valence electrons. The summed E-state index contributed by atoms with van der Waals surface area (Å²) >= 11 is 14.2. The maximum Gasteiger partial charge on any atom is 0.407 e. The van der Waals surface area contributed by atoms with Gasteiger partial charge in [-0.15, -0.1) is 0 Å². The first-order valence-corrected chi connectivity index (χ1v) is 19.4. The minimum atomic E-state index is -1.13. The maximum atomic E-state index is 13.5. The summed E-state index contributed by atoms with van der Waals surface area (Å²) in [5.41, 5.74) is 3.01. The van der Waals surface area contributed by atoms with Crippen molar-refractivity contribution < 1.29 is 33.8 Å². The van der Waals surface area contributed by atoms with E-state index in [0.29, 0.717) is 68.2 Å². The molecular weight excluding hydrogens is 801 g/mol. The number of methoxy groups -OCH3 is 1. The number of amides is 3. The topological polar surface area (TPSA) is 185 Å². The van der Waals surface area contributed by atoms with Crippen LogP contribution in [0.5, 0.6) is 5.88 Å². The molecule has 0 saturated carbocycles. The lowest BCUT2D eigenvalue weighted by Crippen LogP contribution is -2.41. The molecule has 0 radical (unpaired) electrons. The summed E-state index contributed by atoms with van der Waals surface area (Å²) in [4.78, 5) is 73.7. The van der Waals surface area contributed by atoms with E-state index in [1.165, 1.54) is 22.6 Å². The number of nitrogens with zero attached hydrogens (tertiary/aromatic N) is 5. The van der Waals surface area contributed by atoms with E-state index in [1.54, 1.807) is 63.1 Å². The third-order valence-electron chi connectivity index (χ3n) is 9.60. The Labute approximate surface area is 349 Å². The minimum Gasteiger partial charge on any atom is -0.481 e. The fraction of sp³-hybridized carbons (Fsp3) is 0.310. The van der Waals surface area contributed by atoms with Crippen molar-refractivity contribution in [3.63, 3.8) is 0 Å². The number of anilines is 1. The fourth-order valence-corrected chi connectivity index (χ4v) is 7.42. The second kappa shape index (κ2) is 17.7. The van der Waals surface area contributed by atoms with Gasteiger partial charge in [0.1, 0.15) is 22.6 Å². The number of aromatic nitrogens is 3. The SMILES string of the molecule is COc1nc(-c2cccc(-c3cccc(-c4ccn5c(=O)c(C=O)c(N(C)CCNC(=O)OC(C)(C)C)nc5c4)c3Cl)c2Cl)ccc1CN(CC1CCC(=O)N1)C(=O)O. The number of likely N-dealkylation sites (N-methyl/N-ethyl adjacent to an activating group) is 1. The molecule has 2 aromatic carbocycles. The zero-order valence-electron chi connectivity index (χ0n) is 33.0. The number of hydrogen-bond donors (Lipinski definition) is 3. The number of carbonyl (C=O) groups excluding carboxylic acids is 3. The van der Waals surface area contributed by atoms with Crippen LogP contribution in [0.25, 0.3) is 39.2 Å². The van der Waals surface area contributed by atoms with E-state index in [9.17, 15) is 29.1 Å². The lowest BCUT2D eigenvalue weighted by molar-refractivity contribution is -0.119. The second-order valence-electron chi connectivity index (χ2n) is 14.9. The normalized spacial score (nSPS) is 13.8. The highest BCUT2D eigenvalue weighted by Crippen LogP contribution is 2.42. The van der Waals surface area contributed by atoms with Crippen LogP contribution in [0.15, 0.2) is 71.7 Å². The molecule has 3 N–H and O–H groups in total. The lowest BCUT2D eigenvalue weighted by atomic mass is 9.97. The number of hydrogen-bond acceptors (Lipinski definition) is 10. The number of ether oxygens (including phenoxy) is 2. The quantitative estimate of drug-likeness (QED) is 0.104. The Kier molecular flexibility index (Phi) is 12.8. The first kappa shape index (κ1) is 42.4. The molecule has 1 aliphatic heterocycles. The molecule has 17 heteroatoms. The Hall–Kier alpha value is -6.19. The largest absolute Gasteiger partial charge is 0.481 e. The summed E-state index contributed by atoms with van der Waals surface area (Å²) in [6, 6.07) is 17.6. The molecule has 3 amide bonds. The number of alkyl carbamates (subject to hydrolysis) is 1. The summed E-state index contributed by atoms with van der Waals surface area (Å²) < 4.78 is 12.2. The number of carboxylic acid groups (broad SMARTS) is 1. The Balaban J connectivity index is 1.28. The van der Waals surface area contributed by atoms with E-state index >= 15 is 0 Å². The van der Waals surface area contributed by atoms with E-state index < -0.39 is 23.3 Å². The molecule has 1 aliphatic rings. The van der Waals surface area contributed by atoms with Gasteiger partial charge in [-0.05, 0) is 57.0 Å². The third kappa shape index (κ3) is 9.58. The molecule has 0 aliphatic carbocycles. The molecular formula is C42H43Cl2N7O8. The highest BCUT2D eigenvalue weighted by atomic mass is 35.5. The van der Waals surface area contributed by atoms with Gasteiger partial charge in [0.15, 0.2) is 6.29 Å². The minimum absolute atomic E-state index is 0.00312. The van der Waals surface area contributed by atoms with Crippen molar-refractivity contribution in [1.29, 1.82) is 0 Å². The molecule has 5 aromatic rings. The average Bonchev–Trinajstić information content (AvgIpc) is 3.61. The number of fused-ring (bicyclic) bond motifs is 1. The smallest absolute Gasteiger partial charge is 0.407 e. The van der Waals surface area contributed by atoms with Crippen molar-refractivity contribution in [2.75, 3.05) is 38.7 Å². The van der Waals surface area contributed by atoms with Gasteiger partial charge in [0.05, 0.1) is 29.4 Å². The van der Waals surface area contributed by atoms with Crippen LogP contribution in [0.2, 0.25) is 10.0 Å². The molecule has 3 aromatic heterocycles. The number of nitrogens with one attached hydrogen (secondary N) is 2. The lowest BCUT2D eigenvalue weighted by Gasteiger charge is -2.23. The average molecular weight is 845 g/mol. The molecule has 0 spiro atoms. The molecule has 6 rings (SSSR count). The number of pyridine rings is 2. The number of rotatable bonds is 13. The van der Waals surface area contributed by atoms with Gasteiger partial charge < -0.3 is 35.0 Å². The van der Waals surface area contributed by atoms with Crippen LogP contribution in [-0.4, -0.2) is 94.2 Å². The summed E-state index contributed by atoms with van der Waals surface area (Å²) in [7, 11) is 3.12. The van der Waals surface area contributed by atoms with E-state index in [0.717, 1.165) is 0 Å². The molecule has 1 saturated heterocycles. The molecule has 15 nitrogen and oxygen atoms in total. The number of halogens is 2. The van der Waals surface area contributed by atoms with Gasteiger partial charge in [-0.25, -0.2) is 19.6 Å². The Morgan fingerprint density at radius 2 is 1.69 bits per heavy atom. The molecule has 0 bridgehead atoms. The van der Waals surface area contributed by atoms with Crippen molar-refractivity contribution in [2.45, 2.75) is 51.8 Å². The predicted octanol–water partition coefficient (Wildman–Crippen LogP) is 6.94. The standard InChI is InChI=1S/C42H43Cl2N7O8/c1-42(2,3)59-40(55)45-17-19-49(4)37-31(23-52)39(54)51-18-16-24(20-33(51)48-37)27-8-6-9-28(35(27)43)29-10-7-11-30(36(29)44)32-14-12-25(38(47-32)58-5)21-50(41(56)57)22-26-13-15-34(53)46-26/h6-12,14,16,18,20,23,26H,13,15,17,19,21-22H2,1-5H3,(H,45,55)(H,46,53)(H,56,57). The van der Waals surface area contributed by atoms with Crippen LogP contribution in [0, 0.1) is 0 Å². The van der Waals surface area contributed by atoms with Crippen molar-refractivity contribution in [2.24, 2.45) is 0 Å². The van der Waals surface area contributed by atoms with Gasteiger partial charge >= 0.3 is 12.2 Å². The van der Waals surface area contributed by atoms with Crippen LogP contribution in [-0.2, 0) is 16.1 Å². The third-order valence-corrected chi connectivity index (χ3v) is 10.4. The summed E-state index contributed by atoms with van der Waals surface area (Å²) in [5, 5.41) is 16.1. The first-order chi connectivity index (χ1) is 28.1. The highest BCUT2D eigenvalue weighted by Gasteiger charge is 2.27. The molecule has 4 heterocycles.